The van der Waals surface area contributed by atoms with Crippen molar-refractivity contribution in [2.75, 3.05) is 11.9 Å². The van der Waals surface area contributed by atoms with Gasteiger partial charge in [-0.15, -0.1) is 0 Å². The lowest BCUT2D eigenvalue weighted by Gasteiger charge is -2.15. The third kappa shape index (κ3) is 4.81. The van der Waals surface area contributed by atoms with Crippen LogP contribution in [0.4, 0.5) is 18.9 Å². The second kappa shape index (κ2) is 8.96. The van der Waals surface area contributed by atoms with Gasteiger partial charge in [-0.2, -0.15) is 13.2 Å². The highest BCUT2D eigenvalue weighted by Gasteiger charge is 2.33. The van der Waals surface area contributed by atoms with E-state index in [1.807, 2.05) is 0 Å². The lowest BCUT2D eigenvalue weighted by Crippen LogP contribution is -2.32. The second-order valence-corrected chi connectivity index (χ2v) is 8.28. The molecule has 168 valence electrons. The highest BCUT2D eigenvalue weighted by molar-refractivity contribution is 6.31. The molecule has 2 aromatic carbocycles. The Bertz CT molecular complexity index is 1220. The third-order valence-electron chi connectivity index (χ3n) is 5.57. The normalized spacial score (nSPS) is 16.4. The van der Waals surface area contributed by atoms with E-state index in [0.717, 1.165) is 31.5 Å². The van der Waals surface area contributed by atoms with E-state index in [9.17, 15) is 22.8 Å². The fraction of sp³-hybridized carbons (Fsp3) is 0.304. The summed E-state index contributed by atoms with van der Waals surface area (Å²) in [5, 5.41) is 6.70. The third-order valence-corrected chi connectivity index (χ3v) is 5.90. The van der Waals surface area contributed by atoms with E-state index in [-0.39, 0.29) is 23.6 Å². The van der Waals surface area contributed by atoms with Crippen LogP contribution in [0.2, 0.25) is 5.02 Å². The zero-order valence-corrected chi connectivity index (χ0v) is 17.8. The Balaban J connectivity index is 1.55. The number of halogens is 4. The molecule has 0 bridgehead atoms. The van der Waals surface area contributed by atoms with Crippen LogP contribution in [0.15, 0.2) is 53.5 Å². The van der Waals surface area contributed by atoms with Crippen molar-refractivity contribution in [2.24, 2.45) is 0 Å². The van der Waals surface area contributed by atoms with Gasteiger partial charge >= 0.3 is 6.18 Å². The van der Waals surface area contributed by atoms with Crippen molar-refractivity contribution in [1.29, 1.82) is 0 Å². The summed E-state index contributed by atoms with van der Waals surface area (Å²) >= 11 is 5.64. The van der Waals surface area contributed by atoms with Crippen LogP contribution >= 0.6 is 11.6 Å². The molecule has 3 aromatic rings. The van der Waals surface area contributed by atoms with Gasteiger partial charge in [0.1, 0.15) is 0 Å². The summed E-state index contributed by atoms with van der Waals surface area (Å²) < 4.78 is 40.9. The number of hydrogen-bond donors (Lipinski definition) is 2. The van der Waals surface area contributed by atoms with E-state index < -0.39 is 22.7 Å². The van der Waals surface area contributed by atoms with Gasteiger partial charge in [0, 0.05) is 35.2 Å². The van der Waals surface area contributed by atoms with Gasteiger partial charge < -0.3 is 15.2 Å². The van der Waals surface area contributed by atoms with Gasteiger partial charge in [0.2, 0.25) is 5.91 Å². The van der Waals surface area contributed by atoms with E-state index in [1.165, 1.54) is 6.07 Å². The minimum Gasteiger partial charge on any atom is -0.325 e. The van der Waals surface area contributed by atoms with Crippen molar-refractivity contribution >= 4 is 34.0 Å². The van der Waals surface area contributed by atoms with Crippen molar-refractivity contribution in [2.45, 2.75) is 38.0 Å². The van der Waals surface area contributed by atoms with Crippen LogP contribution in [0.25, 0.3) is 10.8 Å². The number of hydrogen-bond acceptors (Lipinski definition) is 3. The quantitative estimate of drug-likeness (QED) is 0.581. The minimum absolute atomic E-state index is 0.153. The first-order valence-electron chi connectivity index (χ1n) is 10.2. The highest BCUT2D eigenvalue weighted by Crippen LogP contribution is 2.35. The summed E-state index contributed by atoms with van der Waals surface area (Å²) in [5.74, 6) is -0.493. The molecule has 0 aliphatic carbocycles. The molecule has 1 saturated heterocycles. The summed E-state index contributed by atoms with van der Waals surface area (Å²) in [6, 6.07) is 10.4. The molecule has 1 atom stereocenters. The van der Waals surface area contributed by atoms with Gasteiger partial charge in [-0.25, -0.2) is 0 Å². The molecule has 1 amide bonds. The Hall–Kier alpha value is -2.84. The summed E-state index contributed by atoms with van der Waals surface area (Å²) in [6.45, 7) is 1.52. The standard InChI is InChI=1S/C23H21ClF3N3O2/c24-19-7-6-14(11-18(19)23(25,26)27)12-21(31)29-20-5-1-4-17-16(20)8-10-30(22(17)32)13-15-3-2-9-28-15/h1,4-8,10-11,15,28H,2-3,9,12-13H2,(H,29,31)/t15-/m1/s1. The smallest absolute Gasteiger partial charge is 0.325 e. The zero-order chi connectivity index (χ0) is 22.9. The predicted molar refractivity (Wildman–Crippen MR) is 118 cm³/mol. The number of fused-ring (bicyclic) bond motifs is 1. The van der Waals surface area contributed by atoms with Crippen molar-refractivity contribution in [3.63, 3.8) is 0 Å². The van der Waals surface area contributed by atoms with Gasteiger partial charge in [0.05, 0.1) is 17.0 Å². The molecule has 0 saturated carbocycles. The lowest BCUT2D eigenvalue weighted by atomic mass is 10.1. The molecule has 1 aromatic heterocycles. The van der Waals surface area contributed by atoms with Crippen molar-refractivity contribution < 1.29 is 18.0 Å². The SMILES string of the molecule is O=C(Cc1ccc(Cl)c(C(F)(F)F)c1)Nc1cccc2c(=O)n(C[C@H]3CCCN3)ccc12. The molecule has 1 aliphatic heterocycles. The minimum atomic E-state index is -4.60. The predicted octanol–water partition coefficient (Wildman–Crippen LogP) is 4.61. The largest absolute Gasteiger partial charge is 0.417 e. The molecule has 4 rings (SSSR count). The van der Waals surface area contributed by atoms with Gasteiger partial charge in [0.25, 0.3) is 5.56 Å². The van der Waals surface area contributed by atoms with Gasteiger partial charge in [0.15, 0.2) is 0 Å². The van der Waals surface area contributed by atoms with Crippen molar-refractivity contribution in [1.82, 2.24) is 9.88 Å². The van der Waals surface area contributed by atoms with Crippen molar-refractivity contribution in [3.8, 4) is 0 Å². The number of rotatable bonds is 5. The van der Waals surface area contributed by atoms with Gasteiger partial charge in [-0.05, 0) is 55.3 Å². The lowest BCUT2D eigenvalue weighted by molar-refractivity contribution is -0.137. The second-order valence-electron chi connectivity index (χ2n) is 7.87. The molecule has 1 aliphatic rings. The molecule has 0 spiro atoms. The number of alkyl halides is 3. The number of carbonyl (C=O) groups is 1. The molecule has 2 heterocycles. The molecule has 9 heteroatoms. The van der Waals surface area contributed by atoms with E-state index in [1.54, 1.807) is 35.0 Å². The molecule has 32 heavy (non-hydrogen) atoms. The van der Waals surface area contributed by atoms with Gasteiger partial charge in [-0.1, -0.05) is 23.7 Å². The Morgan fingerprint density at radius 2 is 2.00 bits per heavy atom. The maximum atomic E-state index is 13.1. The first-order valence-corrected chi connectivity index (χ1v) is 10.6. The maximum absolute atomic E-state index is 13.1. The topological polar surface area (TPSA) is 63.1 Å². The first-order chi connectivity index (χ1) is 15.2. The number of nitrogens with one attached hydrogen (secondary N) is 2. The molecule has 1 fully saturated rings. The summed E-state index contributed by atoms with van der Waals surface area (Å²) in [5.41, 5.74) is -0.515. The summed E-state index contributed by atoms with van der Waals surface area (Å²) in [4.78, 5) is 25.4. The number of carbonyl (C=O) groups excluding carboxylic acids is 1. The monoisotopic (exact) mass is 463 g/mol. The average Bonchev–Trinajstić information content (AvgIpc) is 3.24. The fourth-order valence-electron chi connectivity index (χ4n) is 4.00. The maximum Gasteiger partial charge on any atom is 0.417 e. The fourth-order valence-corrected chi connectivity index (χ4v) is 4.23. The van der Waals surface area contributed by atoms with Crippen LogP contribution in [0.3, 0.4) is 0 Å². The molecule has 0 radical (unpaired) electrons. The molecular weight excluding hydrogens is 443 g/mol. The van der Waals surface area contributed by atoms with Crippen LogP contribution in [-0.4, -0.2) is 23.1 Å². The average molecular weight is 464 g/mol. The van der Waals surface area contributed by atoms with E-state index in [4.69, 9.17) is 11.6 Å². The van der Waals surface area contributed by atoms with Crippen LogP contribution < -0.4 is 16.2 Å². The molecule has 5 nitrogen and oxygen atoms in total. The van der Waals surface area contributed by atoms with Crippen molar-refractivity contribution in [3.05, 3.63) is 75.2 Å². The number of amides is 1. The number of anilines is 1. The first kappa shape index (κ1) is 22.4. The number of aromatic nitrogens is 1. The van der Waals surface area contributed by atoms with Crippen LogP contribution in [0, 0.1) is 0 Å². The summed E-state index contributed by atoms with van der Waals surface area (Å²) in [7, 11) is 0. The summed E-state index contributed by atoms with van der Waals surface area (Å²) in [6.07, 6.45) is -1.06. The highest BCUT2D eigenvalue weighted by atomic mass is 35.5. The number of benzene rings is 2. The molecule has 0 unspecified atom stereocenters. The van der Waals surface area contributed by atoms with Crippen LogP contribution in [-0.2, 0) is 23.9 Å². The number of pyridine rings is 1. The zero-order valence-electron chi connectivity index (χ0n) is 17.0. The molecule has 2 N–H and O–H groups in total. The van der Waals surface area contributed by atoms with Gasteiger partial charge in [-0.3, -0.25) is 9.59 Å². The Kier molecular flexibility index (Phi) is 6.26. The van der Waals surface area contributed by atoms with E-state index >= 15 is 0 Å². The number of nitrogens with zero attached hydrogens (tertiary/aromatic N) is 1. The van der Waals surface area contributed by atoms with E-state index in [0.29, 0.717) is 23.0 Å². The Labute approximate surface area is 187 Å². The van der Waals surface area contributed by atoms with E-state index in [2.05, 4.69) is 10.6 Å². The molecular formula is C23H21ClF3N3O2. The van der Waals surface area contributed by atoms with Crippen LogP contribution in [0.1, 0.15) is 24.0 Å². The Morgan fingerprint density at radius 1 is 1.19 bits per heavy atom. The van der Waals surface area contributed by atoms with Crippen LogP contribution in [0.5, 0.6) is 0 Å². The Morgan fingerprint density at radius 3 is 2.72 bits per heavy atom.